The van der Waals surface area contributed by atoms with Gasteiger partial charge in [-0.05, 0) is 115 Å². The second-order valence-electron chi connectivity index (χ2n) is 14.9. The zero-order valence-electron chi connectivity index (χ0n) is 27.7. The number of likely N-dealkylation sites (tertiary alicyclic amines) is 1. The van der Waals surface area contributed by atoms with Crippen LogP contribution in [0, 0.1) is 19.8 Å². The third kappa shape index (κ3) is 5.94. The van der Waals surface area contributed by atoms with Crippen LogP contribution in [0.2, 0.25) is 0 Å². The second kappa shape index (κ2) is 12.1. The molecule has 7 rings (SSSR count). The summed E-state index contributed by atoms with van der Waals surface area (Å²) < 4.78 is 23.7. The van der Waals surface area contributed by atoms with Gasteiger partial charge < -0.3 is 19.7 Å². The maximum atomic E-state index is 14.0. The Hall–Kier alpha value is -2.69. The highest BCUT2D eigenvalue weighted by Gasteiger charge is 2.47. The van der Waals surface area contributed by atoms with Crippen molar-refractivity contribution in [3.63, 3.8) is 0 Å². The lowest BCUT2D eigenvalue weighted by atomic mass is 9.88. The van der Waals surface area contributed by atoms with E-state index in [0.717, 1.165) is 74.3 Å². The van der Waals surface area contributed by atoms with Gasteiger partial charge in [0.15, 0.2) is 9.84 Å². The molecule has 0 atom stereocenters. The molecule has 4 saturated heterocycles. The first kappa shape index (κ1) is 31.9. The van der Waals surface area contributed by atoms with Crippen molar-refractivity contribution in [2.24, 2.45) is 5.92 Å². The molecule has 2 bridgehead atoms. The zero-order chi connectivity index (χ0) is 32.4. The summed E-state index contributed by atoms with van der Waals surface area (Å²) in [5.74, 6) is 0.554. The average molecular weight is 665 g/mol. The number of carbonyl (C=O) groups is 2. The summed E-state index contributed by atoms with van der Waals surface area (Å²) in [6, 6.07) is 9.85. The Morgan fingerprint density at radius 1 is 0.891 bits per heavy atom. The minimum atomic E-state index is -3.00. The largest absolute Gasteiger partial charge is 0.346 e. The van der Waals surface area contributed by atoms with Gasteiger partial charge in [-0.25, -0.2) is 8.42 Å². The summed E-state index contributed by atoms with van der Waals surface area (Å²) >= 11 is 1.73. The Morgan fingerprint density at radius 2 is 1.50 bits per heavy atom. The molecule has 0 spiro atoms. The lowest BCUT2D eigenvalue weighted by Crippen LogP contribution is -2.48. The summed E-state index contributed by atoms with van der Waals surface area (Å²) in [7, 11) is -3.00. The third-order valence-electron chi connectivity index (χ3n) is 11.2. The quantitative estimate of drug-likeness (QED) is 0.363. The van der Waals surface area contributed by atoms with Gasteiger partial charge in [0, 0.05) is 47.9 Å². The number of piperidine rings is 1. The molecule has 0 saturated carbocycles. The maximum Gasteiger partial charge on any atom is 0.233 e. The van der Waals surface area contributed by atoms with E-state index in [2.05, 4.69) is 66.7 Å². The maximum absolute atomic E-state index is 14.0. The van der Waals surface area contributed by atoms with Crippen LogP contribution in [0.5, 0.6) is 0 Å². The number of thiophene rings is 1. The van der Waals surface area contributed by atoms with Gasteiger partial charge in [0.2, 0.25) is 11.8 Å². The number of nitrogens with zero attached hydrogens (tertiary/aromatic N) is 3. The van der Waals surface area contributed by atoms with E-state index in [0.29, 0.717) is 25.2 Å². The number of aromatic amines is 1. The molecular weight excluding hydrogens is 617 g/mol. The molecule has 0 radical (unpaired) electrons. The van der Waals surface area contributed by atoms with Gasteiger partial charge >= 0.3 is 0 Å². The fraction of sp³-hybridized carbons (Fsp3) is 0.611. The van der Waals surface area contributed by atoms with Gasteiger partial charge in [-0.15, -0.1) is 11.3 Å². The zero-order valence-corrected chi connectivity index (χ0v) is 29.4. The minimum Gasteiger partial charge on any atom is -0.346 e. The van der Waals surface area contributed by atoms with Gasteiger partial charge in [0.1, 0.15) is 4.83 Å². The summed E-state index contributed by atoms with van der Waals surface area (Å²) in [4.78, 5) is 39.7. The number of benzene rings is 1. The molecule has 1 N–H and O–H groups in total. The van der Waals surface area contributed by atoms with E-state index < -0.39 is 15.3 Å². The molecule has 4 aliphatic heterocycles. The van der Waals surface area contributed by atoms with Crippen LogP contribution in [-0.4, -0.2) is 96.2 Å². The number of hydrogen-bond donors (Lipinski definition) is 1. The predicted octanol–water partition coefficient (Wildman–Crippen LogP) is 5.46. The first-order chi connectivity index (χ1) is 21.9. The fourth-order valence-electron chi connectivity index (χ4n) is 8.50. The Bertz CT molecular complexity index is 1710. The monoisotopic (exact) mass is 664 g/mol. The molecule has 8 nitrogen and oxygen atoms in total. The SMILES string of the molecule is Cc1cc(C)cc(-c2[nH]c3sc(C(C)(C)C(=O)N4C5CCC4CC5)cc3c2CCN2CCC(C(=O)N3CCS(=O)(=O)CC3)CC2)c1. The Morgan fingerprint density at radius 3 is 2.11 bits per heavy atom. The predicted molar refractivity (Wildman–Crippen MR) is 185 cm³/mol. The first-order valence-corrected chi connectivity index (χ1v) is 19.8. The highest BCUT2D eigenvalue weighted by Crippen LogP contribution is 2.44. The van der Waals surface area contributed by atoms with Crippen LogP contribution in [0.4, 0.5) is 0 Å². The van der Waals surface area contributed by atoms with Crippen LogP contribution in [0.15, 0.2) is 24.3 Å². The van der Waals surface area contributed by atoms with E-state index in [4.69, 9.17) is 0 Å². The first-order valence-electron chi connectivity index (χ1n) is 17.2. The number of amides is 2. The highest BCUT2D eigenvalue weighted by atomic mass is 32.2. The van der Waals surface area contributed by atoms with E-state index >= 15 is 0 Å². The Balaban J connectivity index is 1.10. The van der Waals surface area contributed by atoms with Crippen molar-refractivity contribution in [2.45, 2.75) is 90.1 Å². The van der Waals surface area contributed by atoms with Crippen LogP contribution in [0.25, 0.3) is 21.5 Å². The van der Waals surface area contributed by atoms with E-state index in [1.165, 1.54) is 33.3 Å². The molecule has 4 fully saturated rings. The molecule has 10 heteroatoms. The summed E-state index contributed by atoms with van der Waals surface area (Å²) in [5.41, 5.74) is 5.59. The minimum absolute atomic E-state index is 0.0214. The van der Waals surface area contributed by atoms with Crippen molar-refractivity contribution in [1.29, 1.82) is 0 Å². The van der Waals surface area contributed by atoms with Crippen LogP contribution >= 0.6 is 11.3 Å². The summed E-state index contributed by atoms with van der Waals surface area (Å²) in [6.07, 6.45) is 7.10. The summed E-state index contributed by atoms with van der Waals surface area (Å²) in [6.45, 7) is 11.8. The van der Waals surface area contributed by atoms with Crippen LogP contribution < -0.4 is 0 Å². The normalized spacial score (nSPS) is 23.9. The number of carbonyl (C=O) groups excluding carboxylic acids is 2. The van der Waals surface area contributed by atoms with Crippen molar-refractivity contribution < 1.29 is 18.0 Å². The van der Waals surface area contributed by atoms with Crippen molar-refractivity contribution in [3.8, 4) is 11.3 Å². The molecule has 6 heterocycles. The van der Waals surface area contributed by atoms with Crippen LogP contribution in [0.1, 0.15) is 73.9 Å². The molecule has 2 aromatic heterocycles. The molecule has 1 aromatic carbocycles. The number of fused-ring (bicyclic) bond motifs is 3. The lowest BCUT2D eigenvalue weighted by Gasteiger charge is -2.35. The molecule has 4 aliphatic rings. The number of nitrogens with one attached hydrogen (secondary N) is 1. The number of aromatic nitrogens is 1. The van der Waals surface area contributed by atoms with Gasteiger partial charge in [-0.3, -0.25) is 9.59 Å². The van der Waals surface area contributed by atoms with Gasteiger partial charge in [-0.1, -0.05) is 17.2 Å². The summed E-state index contributed by atoms with van der Waals surface area (Å²) in [5, 5.41) is 1.23. The van der Waals surface area contributed by atoms with Crippen LogP contribution in [-0.2, 0) is 31.3 Å². The molecule has 2 amide bonds. The third-order valence-corrected chi connectivity index (χ3v) is 14.2. The average Bonchev–Trinajstić information content (AvgIpc) is 3.80. The number of rotatable bonds is 7. The van der Waals surface area contributed by atoms with Gasteiger partial charge in [-0.2, -0.15) is 0 Å². The van der Waals surface area contributed by atoms with Crippen molar-refractivity contribution >= 4 is 43.2 Å². The van der Waals surface area contributed by atoms with E-state index in [1.807, 2.05) is 0 Å². The van der Waals surface area contributed by atoms with E-state index in [9.17, 15) is 18.0 Å². The fourth-order valence-corrected chi connectivity index (χ4v) is 10.9. The number of H-pyrrole nitrogens is 1. The molecule has 0 unspecified atom stereocenters. The van der Waals surface area contributed by atoms with Gasteiger partial charge in [0.25, 0.3) is 0 Å². The van der Waals surface area contributed by atoms with Crippen molar-refractivity contribution in [3.05, 3.63) is 45.8 Å². The number of hydrogen-bond acceptors (Lipinski definition) is 6. The van der Waals surface area contributed by atoms with Crippen LogP contribution in [0.3, 0.4) is 0 Å². The van der Waals surface area contributed by atoms with Gasteiger partial charge in [0.05, 0.1) is 22.6 Å². The highest BCUT2D eigenvalue weighted by molar-refractivity contribution is 7.91. The smallest absolute Gasteiger partial charge is 0.233 e. The van der Waals surface area contributed by atoms with Crippen molar-refractivity contribution in [2.75, 3.05) is 44.2 Å². The Kier molecular flexibility index (Phi) is 8.37. The molecular formula is C36H48N4O4S2. The van der Waals surface area contributed by atoms with E-state index in [-0.39, 0.29) is 29.2 Å². The molecule has 0 aliphatic carbocycles. The lowest BCUT2D eigenvalue weighted by molar-refractivity contribution is -0.137. The van der Waals surface area contributed by atoms with E-state index in [1.54, 1.807) is 16.2 Å². The Labute approximate surface area is 277 Å². The van der Waals surface area contributed by atoms with Crippen molar-refractivity contribution in [1.82, 2.24) is 19.7 Å². The molecule has 46 heavy (non-hydrogen) atoms. The number of sulfone groups is 1. The number of aryl methyl sites for hydroxylation is 2. The molecule has 248 valence electrons. The molecule has 3 aromatic rings. The second-order valence-corrected chi connectivity index (χ2v) is 18.2. The topological polar surface area (TPSA) is 93.8 Å². The standard InChI is InChI=1S/C36H48N4O4S2/c1-23-19-24(2)21-26(20-23)32-29(11-14-38-12-9-25(10-13-38)34(41)39-15-17-46(43,44)18-16-39)30-22-31(45-33(30)37-32)36(3,4)35(42)40-27-5-6-28(40)8-7-27/h19-22,25,27-28,37H,5-18H2,1-4H3.